The molecule has 1 heterocycles. The highest BCUT2D eigenvalue weighted by Crippen LogP contribution is 2.33. The minimum absolute atomic E-state index is 0.0349. The Morgan fingerprint density at radius 1 is 0.833 bits per heavy atom. The van der Waals surface area contributed by atoms with Gasteiger partial charge in [-0.3, -0.25) is 4.79 Å². The van der Waals surface area contributed by atoms with E-state index in [0.717, 1.165) is 32.1 Å². The van der Waals surface area contributed by atoms with Crippen LogP contribution in [0.5, 0.6) is 17.2 Å². The number of hydrogen-bond donors (Lipinski definition) is 2. The van der Waals surface area contributed by atoms with Crippen LogP contribution < -0.4 is 10.3 Å². The number of phenolic OH excluding ortho intramolecular Hbond substituents is 1. The molecule has 2 rings (SSSR count). The molecule has 0 fully saturated rings. The summed E-state index contributed by atoms with van der Waals surface area (Å²) in [6.45, 7) is 5.37. The number of nitrogens with zero attached hydrogens (tertiary/aromatic N) is 1. The Hall–Kier alpha value is -2.17. The molecule has 5 nitrogen and oxygen atoms in total. The van der Waals surface area contributed by atoms with Crippen LogP contribution in [0.3, 0.4) is 0 Å². The van der Waals surface area contributed by atoms with Gasteiger partial charge in [-0.25, -0.2) is 0 Å². The van der Waals surface area contributed by atoms with Crippen LogP contribution in [0.1, 0.15) is 90.9 Å². The maximum atomic E-state index is 13.1. The number of aromatic nitrogens is 1. The first-order chi connectivity index (χ1) is 14.6. The molecule has 0 spiro atoms. The van der Waals surface area contributed by atoms with Gasteiger partial charge in [0.05, 0.1) is 12.1 Å². The molecule has 0 aliphatic carbocycles. The van der Waals surface area contributed by atoms with Crippen LogP contribution in [0.4, 0.5) is 0 Å². The molecule has 2 N–H and O–H groups in total. The fourth-order valence-corrected chi connectivity index (χ4v) is 3.86. The van der Waals surface area contributed by atoms with E-state index in [-0.39, 0.29) is 22.8 Å². The van der Waals surface area contributed by atoms with Crippen molar-refractivity contribution in [2.24, 2.45) is 0 Å². The summed E-state index contributed by atoms with van der Waals surface area (Å²) in [5, 5.41) is 21.1. The summed E-state index contributed by atoms with van der Waals surface area (Å²) < 4.78 is 7.41. The molecule has 0 amide bonds. The standard InChI is InChI=1S/C25H39NO4/c1-3-5-7-9-11-13-17-26-22-19-20(27)15-16-21(22)23(28)24(25(26)29)30-18-14-12-10-8-6-4-2/h15-16,19,27-28H,3-14,17-18H2,1-2H3. The summed E-state index contributed by atoms with van der Waals surface area (Å²) in [6, 6.07) is 4.72. The molecule has 30 heavy (non-hydrogen) atoms. The molecule has 2 aromatic rings. The Kier molecular flexibility index (Phi) is 10.6. The minimum Gasteiger partial charge on any atom is -0.508 e. The fraction of sp³-hybridized carbons (Fsp3) is 0.640. The fourth-order valence-electron chi connectivity index (χ4n) is 3.86. The average molecular weight is 418 g/mol. The molecule has 0 atom stereocenters. The third-order valence-electron chi connectivity index (χ3n) is 5.66. The first-order valence-corrected chi connectivity index (χ1v) is 11.8. The summed E-state index contributed by atoms with van der Waals surface area (Å²) in [4.78, 5) is 13.1. The summed E-state index contributed by atoms with van der Waals surface area (Å²) in [5.41, 5.74) is 0.239. The van der Waals surface area contributed by atoms with Gasteiger partial charge in [0, 0.05) is 18.0 Å². The average Bonchev–Trinajstić information content (AvgIpc) is 2.74. The Morgan fingerprint density at radius 3 is 2.10 bits per heavy atom. The minimum atomic E-state index is -0.315. The van der Waals surface area contributed by atoms with Crippen molar-refractivity contribution in [1.82, 2.24) is 4.57 Å². The number of unbranched alkanes of at least 4 members (excludes halogenated alkanes) is 10. The van der Waals surface area contributed by atoms with Crippen LogP contribution in [0.25, 0.3) is 10.9 Å². The molecule has 0 unspecified atom stereocenters. The first kappa shape index (κ1) is 24.1. The van der Waals surface area contributed by atoms with E-state index in [1.54, 1.807) is 16.7 Å². The molecule has 0 bridgehead atoms. The second kappa shape index (κ2) is 13.2. The van der Waals surface area contributed by atoms with E-state index in [4.69, 9.17) is 4.74 Å². The highest BCUT2D eigenvalue weighted by Gasteiger charge is 2.18. The van der Waals surface area contributed by atoms with Crippen LogP contribution >= 0.6 is 0 Å². The smallest absolute Gasteiger partial charge is 0.297 e. The quantitative estimate of drug-likeness (QED) is 0.324. The predicted molar refractivity (Wildman–Crippen MR) is 124 cm³/mol. The second-order valence-electron chi connectivity index (χ2n) is 8.22. The lowest BCUT2D eigenvalue weighted by atomic mass is 10.1. The number of pyridine rings is 1. The van der Waals surface area contributed by atoms with E-state index in [0.29, 0.717) is 24.1 Å². The lowest BCUT2D eigenvalue weighted by molar-refractivity contribution is 0.283. The van der Waals surface area contributed by atoms with Crippen molar-refractivity contribution in [3.63, 3.8) is 0 Å². The molecule has 1 aromatic heterocycles. The number of aromatic hydroxyl groups is 2. The Labute approximate surface area is 180 Å². The van der Waals surface area contributed by atoms with Crippen molar-refractivity contribution < 1.29 is 14.9 Å². The SMILES string of the molecule is CCCCCCCCOc1c(O)c2ccc(O)cc2n(CCCCCCCC)c1=O. The van der Waals surface area contributed by atoms with Crippen molar-refractivity contribution in [1.29, 1.82) is 0 Å². The molecule has 1 aromatic carbocycles. The van der Waals surface area contributed by atoms with Crippen molar-refractivity contribution >= 4 is 10.9 Å². The van der Waals surface area contributed by atoms with E-state index in [1.807, 2.05) is 0 Å². The van der Waals surface area contributed by atoms with Crippen molar-refractivity contribution in [2.45, 2.75) is 97.4 Å². The topological polar surface area (TPSA) is 71.7 Å². The van der Waals surface area contributed by atoms with E-state index >= 15 is 0 Å². The van der Waals surface area contributed by atoms with Crippen molar-refractivity contribution in [2.75, 3.05) is 6.61 Å². The van der Waals surface area contributed by atoms with Gasteiger partial charge in [0.1, 0.15) is 5.75 Å². The zero-order chi connectivity index (χ0) is 21.8. The molecule has 0 saturated carbocycles. The van der Waals surface area contributed by atoms with Gasteiger partial charge in [0.25, 0.3) is 5.56 Å². The molecule has 0 saturated heterocycles. The van der Waals surface area contributed by atoms with Crippen molar-refractivity contribution in [3.8, 4) is 17.2 Å². The molecule has 0 radical (unpaired) electrons. The molecule has 168 valence electrons. The summed E-state index contributed by atoms with van der Waals surface area (Å²) in [6.07, 6.45) is 13.6. The van der Waals surface area contributed by atoms with Gasteiger partial charge in [0.2, 0.25) is 5.75 Å². The molecule has 0 aliphatic heterocycles. The predicted octanol–water partition coefficient (Wildman–Crippen LogP) is 6.51. The highest BCUT2D eigenvalue weighted by atomic mass is 16.5. The van der Waals surface area contributed by atoms with Crippen LogP contribution in [0.2, 0.25) is 0 Å². The number of phenols is 1. The van der Waals surface area contributed by atoms with Crippen LogP contribution in [-0.2, 0) is 6.54 Å². The van der Waals surface area contributed by atoms with E-state index < -0.39 is 0 Å². The lowest BCUT2D eigenvalue weighted by Gasteiger charge is -2.16. The highest BCUT2D eigenvalue weighted by molar-refractivity contribution is 5.88. The molecule has 5 heteroatoms. The maximum absolute atomic E-state index is 13.1. The number of rotatable bonds is 15. The van der Waals surface area contributed by atoms with Gasteiger partial charge >= 0.3 is 0 Å². The number of aryl methyl sites for hydroxylation is 1. The molecule has 0 aliphatic rings. The first-order valence-electron chi connectivity index (χ1n) is 11.8. The molecular formula is C25H39NO4. The second-order valence-corrected chi connectivity index (χ2v) is 8.22. The van der Waals surface area contributed by atoms with Gasteiger partial charge in [-0.2, -0.15) is 0 Å². The van der Waals surface area contributed by atoms with Gasteiger partial charge in [0.15, 0.2) is 5.75 Å². The van der Waals surface area contributed by atoms with Gasteiger partial charge < -0.3 is 19.5 Å². The number of benzene rings is 1. The normalized spacial score (nSPS) is 11.3. The van der Waals surface area contributed by atoms with Gasteiger partial charge in [-0.05, 0) is 25.0 Å². The lowest BCUT2D eigenvalue weighted by Crippen LogP contribution is -2.23. The molecular weight excluding hydrogens is 378 g/mol. The van der Waals surface area contributed by atoms with E-state index in [9.17, 15) is 15.0 Å². The maximum Gasteiger partial charge on any atom is 0.297 e. The Morgan fingerprint density at radius 2 is 1.43 bits per heavy atom. The van der Waals surface area contributed by atoms with E-state index in [1.165, 1.54) is 51.0 Å². The van der Waals surface area contributed by atoms with E-state index in [2.05, 4.69) is 13.8 Å². The third-order valence-corrected chi connectivity index (χ3v) is 5.66. The van der Waals surface area contributed by atoms with Gasteiger partial charge in [-0.1, -0.05) is 78.1 Å². The monoisotopic (exact) mass is 417 g/mol. The van der Waals surface area contributed by atoms with Crippen LogP contribution in [0, 0.1) is 0 Å². The number of fused-ring (bicyclic) bond motifs is 1. The Balaban J connectivity index is 2.11. The third kappa shape index (κ3) is 6.96. The van der Waals surface area contributed by atoms with Crippen LogP contribution in [-0.4, -0.2) is 21.4 Å². The number of ether oxygens (including phenoxy) is 1. The summed E-state index contributed by atoms with van der Waals surface area (Å²) >= 11 is 0. The number of hydrogen-bond acceptors (Lipinski definition) is 4. The van der Waals surface area contributed by atoms with Crippen LogP contribution in [0.15, 0.2) is 23.0 Å². The zero-order valence-electron chi connectivity index (χ0n) is 18.8. The summed E-state index contributed by atoms with van der Waals surface area (Å²) in [7, 11) is 0. The van der Waals surface area contributed by atoms with Gasteiger partial charge in [-0.15, -0.1) is 0 Å². The largest absolute Gasteiger partial charge is 0.508 e. The van der Waals surface area contributed by atoms with Crippen molar-refractivity contribution in [3.05, 3.63) is 28.6 Å². The zero-order valence-corrected chi connectivity index (χ0v) is 18.8. The summed E-state index contributed by atoms with van der Waals surface area (Å²) in [5.74, 6) is -0.00773. The Bertz CT molecular complexity index is 828.